The van der Waals surface area contributed by atoms with Gasteiger partial charge in [-0.2, -0.15) is 8.99 Å². The highest BCUT2D eigenvalue weighted by molar-refractivity contribution is 8.00. The molecule has 1 atom stereocenters. The Morgan fingerprint density at radius 3 is 2.47 bits per heavy atom. The zero-order valence-corrected chi connectivity index (χ0v) is 18.9. The molecule has 32 heavy (non-hydrogen) atoms. The van der Waals surface area contributed by atoms with Crippen LogP contribution in [0.3, 0.4) is 0 Å². The van der Waals surface area contributed by atoms with Crippen molar-refractivity contribution in [2.75, 3.05) is 31.6 Å². The summed E-state index contributed by atoms with van der Waals surface area (Å²) < 4.78 is 33.6. The maximum Gasteiger partial charge on any atom is 0.243 e. The van der Waals surface area contributed by atoms with Gasteiger partial charge in [-0.15, -0.1) is 5.10 Å². The van der Waals surface area contributed by atoms with Gasteiger partial charge in [0.1, 0.15) is 0 Å². The van der Waals surface area contributed by atoms with Crippen molar-refractivity contribution in [2.45, 2.75) is 22.2 Å². The average Bonchev–Trinajstić information content (AvgIpc) is 3.28. The highest BCUT2D eigenvalue weighted by atomic mass is 32.2. The van der Waals surface area contributed by atoms with Crippen molar-refractivity contribution in [2.24, 2.45) is 0 Å². The van der Waals surface area contributed by atoms with Crippen molar-refractivity contribution in [1.82, 2.24) is 24.5 Å². The van der Waals surface area contributed by atoms with E-state index in [0.29, 0.717) is 37.1 Å². The van der Waals surface area contributed by atoms with Crippen LogP contribution in [0.5, 0.6) is 0 Å². The zero-order chi connectivity index (χ0) is 22.6. The van der Waals surface area contributed by atoms with E-state index in [0.717, 1.165) is 5.69 Å². The summed E-state index contributed by atoms with van der Waals surface area (Å²) in [5, 5.41) is 14.5. The van der Waals surface area contributed by atoms with Crippen molar-refractivity contribution in [1.29, 1.82) is 0 Å². The normalized spacial score (nSPS) is 15.9. The van der Waals surface area contributed by atoms with E-state index < -0.39 is 15.3 Å². The number of anilines is 1. The van der Waals surface area contributed by atoms with Gasteiger partial charge in [0.2, 0.25) is 21.1 Å². The number of sulfonamides is 1. The van der Waals surface area contributed by atoms with Gasteiger partial charge in [-0.1, -0.05) is 30.0 Å². The topological polar surface area (TPSA) is 119 Å². The Labute approximate surface area is 190 Å². The molecule has 0 bridgehead atoms. The minimum atomic E-state index is -3.58. The first-order valence-electron chi connectivity index (χ1n) is 9.94. The summed E-state index contributed by atoms with van der Waals surface area (Å²) >= 11 is 1.23. The van der Waals surface area contributed by atoms with E-state index in [2.05, 4.69) is 20.8 Å². The second kappa shape index (κ2) is 9.77. The Kier molecular flexibility index (Phi) is 6.84. The van der Waals surface area contributed by atoms with Gasteiger partial charge in [0.05, 0.1) is 29.0 Å². The summed E-state index contributed by atoms with van der Waals surface area (Å²) in [6, 6.07) is 15.5. The summed E-state index contributed by atoms with van der Waals surface area (Å²) in [5.74, 6) is -0.249. The number of ether oxygens (including phenoxy) is 1. The molecule has 2 aromatic carbocycles. The molecule has 1 saturated heterocycles. The third kappa shape index (κ3) is 4.99. The van der Waals surface area contributed by atoms with E-state index in [1.165, 1.54) is 28.2 Å². The van der Waals surface area contributed by atoms with Crippen LogP contribution in [0.1, 0.15) is 6.92 Å². The number of hydrogen-bond donors (Lipinski definition) is 1. The number of benzene rings is 2. The fourth-order valence-electron chi connectivity index (χ4n) is 3.09. The standard InChI is InChI=1S/C20H22N6O4S2/c1-15(31-20-22-23-24-26(20)17-5-3-2-4-6-17)19(27)21-16-7-9-18(10-8-16)32(28,29)25-11-13-30-14-12-25/h2-10,15H,11-14H2,1H3,(H,21,27)/t15-/m0/s1. The SMILES string of the molecule is C[C@H](Sc1nnnn1-c1ccccc1)C(=O)Nc1ccc(S(=O)(=O)N2CCOCC2)cc1. The number of thioether (sulfide) groups is 1. The molecular formula is C20H22N6O4S2. The lowest BCUT2D eigenvalue weighted by atomic mass is 10.3. The lowest BCUT2D eigenvalue weighted by molar-refractivity contribution is -0.115. The third-order valence-electron chi connectivity index (χ3n) is 4.82. The first-order chi connectivity index (χ1) is 15.4. The van der Waals surface area contributed by atoms with Gasteiger partial charge in [-0.3, -0.25) is 4.79 Å². The van der Waals surface area contributed by atoms with Gasteiger partial charge in [0.25, 0.3) is 0 Å². The number of tetrazole rings is 1. The van der Waals surface area contributed by atoms with Crippen molar-refractivity contribution in [3.05, 3.63) is 54.6 Å². The van der Waals surface area contributed by atoms with Gasteiger partial charge in [0.15, 0.2) is 0 Å². The monoisotopic (exact) mass is 474 g/mol. The highest BCUT2D eigenvalue weighted by Crippen LogP contribution is 2.24. The highest BCUT2D eigenvalue weighted by Gasteiger charge is 2.26. The summed E-state index contributed by atoms with van der Waals surface area (Å²) in [7, 11) is -3.58. The van der Waals surface area contributed by atoms with Crippen LogP contribution in [-0.4, -0.2) is 70.4 Å². The molecule has 2 heterocycles. The zero-order valence-electron chi connectivity index (χ0n) is 17.3. The summed E-state index contributed by atoms with van der Waals surface area (Å²) in [6.45, 7) is 3.18. The van der Waals surface area contributed by atoms with E-state index in [9.17, 15) is 13.2 Å². The fraction of sp³-hybridized carbons (Fsp3) is 0.300. The Hall–Kier alpha value is -2.80. The third-order valence-corrected chi connectivity index (χ3v) is 7.77. The van der Waals surface area contributed by atoms with Crippen LogP contribution in [0.15, 0.2) is 64.6 Å². The van der Waals surface area contributed by atoms with Crippen LogP contribution in [0, 0.1) is 0 Å². The average molecular weight is 475 g/mol. The molecule has 1 aliphatic heterocycles. The molecule has 0 saturated carbocycles. The summed E-state index contributed by atoms with van der Waals surface area (Å²) in [6.07, 6.45) is 0. The number of nitrogens with zero attached hydrogens (tertiary/aromatic N) is 5. The number of para-hydroxylation sites is 1. The van der Waals surface area contributed by atoms with Crippen molar-refractivity contribution < 1.29 is 17.9 Å². The smallest absolute Gasteiger partial charge is 0.243 e. The lowest BCUT2D eigenvalue weighted by Crippen LogP contribution is -2.40. The molecule has 168 valence electrons. The molecule has 0 aliphatic carbocycles. The van der Waals surface area contributed by atoms with Crippen LogP contribution in [0.2, 0.25) is 0 Å². The molecule has 1 aromatic heterocycles. The summed E-state index contributed by atoms with van der Waals surface area (Å²) in [4.78, 5) is 12.8. The van der Waals surface area contributed by atoms with Crippen molar-refractivity contribution in [3.8, 4) is 5.69 Å². The van der Waals surface area contributed by atoms with E-state index in [-0.39, 0.29) is 10.8 Å². The molecule has 12 heteroatoms. The fourth-order valence-corrected chi connectivity index (χ4v) is 5.30. The van der Waals surface area contributed by atoms with Gasteiger partial charge in [-0.05, 0) is 53.7 Å². The maximum atomic E-state index is 12.7. The Bertz CT molecular complexity index is 1160. The molecule has 0 radical (unpaired) electrons. The predicted molar refractivity (Wildman–Crippen MR) is 119 cm³/mol. The van der Waals surface area contributed by atoms with Crippen LogP contribution >= 0.6 is 11.8 Å². The second-order valence-electron chi connectivity index (χ2n) is 7.00. The number of carbonyl (C=O) groups is 1. The largest absolute Gasteiger partial charge is 0.379 e. The van der Waals surface area contributed by atoms with Crippen LogP contribution in [0.4, 0.5) is 5.69 Å². The van der Waals surface area contributed by atoms with E-state index in [1.807, 2.05) is 30.3 Å². The second-order valence-corrected chi connectivity index (χ2v) is 10.2. The molecule has 0 spiro atoms. The first-order valence-corrected chi connectivity index (χ1v) is 12.3. The molecule has 3 aromatic rings. The predicted octanol–water partition coefficient (Wildman–Crippen LogP) is 1.80. The number of carbonyl (C=O) groups excluding carboxylic acids is 1. The van der Waals surface area contributed by atoms with Gasteiger partial charge in [-0.25, -0.2) is 8.42 Å². The first kappa shape index (κ1) is 22.4. The number of rotatable bonds is 7. The minimum Gasteiger partial charge on any atom is -0.379 e. The van der Waals surface area contributed by atoms with Crippen LogP contribution in [-0.2, 0) is 19.6 Å². The Balaban J connectivity index is 1.40. The molecule has 10 nitrogen and oxygen atoms in total. The van der Waals surface area contributed by atoms with E-state index in [1.54, 1.807) is 23.7 Å². The van der Waals surface area contributed by atoms with Crippen molar-refractivity contribution in [3.63, 3.8) is 0 Å². The lowest BCUT2D eigenvalue weighted by Gasteiger charge is -2.26. The Morgan fingerprint density at radius 1 is 1.09 bits per heavy atom. The number of morpholine rings is 1. The number of amides is 1. The van der Waals surface area contributed by atoms with Gasteiger partial charge < -0.3 is 10.1 Å². The van der Waals surface area contributed by atoms with Crippen molar-refractivity contribution >= 4 is 33.4 Å². The van der Waals surface area contributed by atoms with E-state index >= 15 is 0 Å². The van der Waals surface area contributed by atoms with Crippen LogP contribution < -0.4 is 5.32 Å². The number of nitrogens with one attached hydrogen (secondary N) is 1. The molecule has 1 aliphatic rings. The number of hydrogen-bond acceptors (Lipinski definition) is 8. The maximum absolute atomic E-state index is 12.7. The molecule has 0 unspecified atom stereocenters. The van der Waals surface area contributed by atoms with Crippen LogP contribution in [0.25, 0.3) is 5.69 Å². The molecule has 1 amide bonds. The Morgan fingerprint density at radius 2 is 1.78 bits per heavy atom. The molecule has 4 rings (SSSR count). The molecular weight excluding hydrogens is 452 g/mol. The number of aromatic nitrogens is 4. The van der Waals surface area contributed by atoms with Gasteiger partial charge in [0, 0.05) is 18.8 Å². The molecule has 1 N–H and O–H groups in total. The quantitative estimate of drug-likeness (QED) is 0.515. The van der Waals surface area contributed by atoms with E-state index in [4.69, 9.17) is 4.74 Å². The molecule has 1 fully saturated rings. The van der Waals surface area contributed by atoms with Gasteiger partial charge >= 0.3 is 0 Å². The minimum absolute atomic E-state index is 0.182. The summed E-state index contributed by atoms with van der Waals surface area (Å²) in [5.41, 5.74) is 1.30.